The average molecular weight is 424 g/mol. The summed E-state index contributed by atoms with van der Waals surface area (Å²) in [4.78, 5) is 12.7. The fourth-order valence-corrected chi connectivity index (χ4v) is 3.73. The number of halogens is 1. The molecule has 1 aliphatic carbocycles. The number of carbonyl (C=O) groups excluding carboxylic acids is 1. The van der Waals surface area contributed by atoms with Crippen LogP contribution in [-0.2, 0) is 0 Å². The van der Waals surface area contributed by atoms with E-state index in [4.69, 9.17) is 0 Å². The summed E-state index contributed by atoms with van der Waals surface area (Å²) >= 11 is 0. The zero-order valence-electron chi connectivity index (χ0n) is 17.2. The van der Waals surface area contributed by atoms with E-state index in [2.05, 4.69) is 20.8 Å². The van der Waals surface area contributed by atoms with Crippen LogP contribution in [0.4, 0.5) is 15.9 Å². The zero-order valence-corrected chi connectivity index (χ0v) is 17.2. The second-order valence-corrected chi connectivity index (χ2v) is 7.85. The van der Waals surface area contributed by atoms with Gasteiger partial charge in [0.15, 0.2) is 5.82 Å². The van der Waals surface area contributed by atoms with Gasteiger partial charge in [0.2, 0.25) is 0 Å². The maximum Gasteiger partial charge on any atom is 0.251 e. The smallest absolute Gasteiger partial charge is 0.251 e. The highest BCUT2D eigenvalue weighted by Crippen LogP contribution is 2.40. The molecule has 2 atom stereocenters. The lowest BCUT2D eigenvalue weighted by atomic mass is 10.1. The van der Waals surface area contributed by atoms with Crippen LogP contribution in [0.1, 0.15) is 28.3 Å². The largest absolute Gasteiger partial charge is 0.349 e. The van der Waals surface area contributed by atoms with Gasteiger partial charge in [-0.25, -0.2) is 4.39 Å². The van der Waals surface area contributed by atoms with Crippen LogP contribution in [-0.4, -0.2) is 22.1 Å². The van der Waals surface area contributed by atoms with E-state index in [0.717, 1.165) is 28.9 Å². The number of aromatic nitrogens is 2. The number of benzene rings is 3. The number of hydrogen-bond acceptors (Lipinski definition) is 4. The molecule has 0 spiro atoms. The highest BCUT2D eigenvalue weighted by atomic mass is 19.1. The number of carbonyl (C=O) groups is 1. The molecule has 1 fully saturated rings. The van der Waals surface area contributed by atoms with Gasteiger partial charge in [-0.1, -0.05) is 48.5 Å². The van der Waals surface area contributed by atoms with E-state index in [1.807, 2.05) is 54.6 Å². The molecule has 0 radical (unpaired) electrons. The maximum absolute atomic E-state index is 13.1. The standard InChI is InChI=1S/C26H21FN4O/c27-20-11-9-17(10-12-20)22-16-24(22)29-26(32)19-7-4-8-21(15-19)28-25-14-13-23(30-31-25)18-5-2-1-3-6-18/h1-15,22,24H,16H2,(H,28,31)(H,29,32)/t22-,24+/m0/s1. The van der Waals surface area contributed by atoms with Crippen LogP contribution in [0.2, 0.25) is 0 Å². The van der Waals surface area contributed by atoms with Crippen LogP contribution in [0.3, 0.4) is 0 Å². The Hall–Kier alpha value is -4.06. The van der Waals surface area contributed by atoms with E-state index in [9.17, 15) is 9.18 Å². The first kappa shape index (κ1) is 19.9. The van der Waals surface area contributed by atoms with E-state index >= 15 is 0 Å². The third-order valence-corrected chi connectivity index (χ3v) is 5.54. The van der Waals surface area contributed by atoms with Crippen molar-refractivity contribution in [3.8, 4) is 11.3 Å². The molecule has 0 unspecified atom stereocenters. The van der Waals surface area contributed by atoms with Crippen molar-refractivity contribution in [3.05, 3.63) is 108 Å². The first-order valence-electron chi connectivity index (χ1n) is 10.5. The van der Waals surface area contributed by atoms with Crippen LogP contribution in [0.15, 0.2) is 91.0 Å². The van der Waals surface area contributed by atoms with Gasteiger partial charge in [-0.15, -0.1) is 10.2 Å². The minimum atomic E-state index is -0.251. The van der Waals surface area contributed by atoms with Crippen molar-refractivity contribution >= 4 is 17.4 Å². The monoisotopic (exact) mass is 424 g/mol. The van der Waals surface area contributed by atoms with Gasteiger partial charge in [-0.2, -0.15) is 0 Å². The van der Waals surface area contributed by atoms with Gasteiger partial charge in [0.1, 0.15) is 5.82 Å². The molecule has 0 bridgehead atoms. The molecular formula is C26H21FN4O. The number of amides is 1. The van der Waals surface area contributed by atoms with E-state index in [0.29, 0.717) is 11.4 Å². The topological polar surface area (TPSA) is 66.9 Å². The maximum atomic E-state index is 13.1. The van der Waals surface area contributed by atoms with E-state index in [1.54, 1.807) is 24.3 Å². The fourth-order valence-electron chi connectivity index (χ4n) is 3.73. The molecule has 1 aliphatic rings. The summed E-state index contributed by atoms with van der Waals surface area (Å²) in [7, 11) is 0. The number of anilines is 2. The molecule has 1 amide bonds. The second-order valence-electron chi connectivity index (χ2n) is 7.85. The highest BCUT2D eigenvalue weighted by Gasteiger charge is 2.39. The van der Waals surface area contributed by atoms with E-state index < -0.39 is 0 Å². The summed E-state index contributed by atoms with van der Waals surface area (Å²) < 4.78 is 13.1. The summed E-state index contributed by atoms with van der Waals surface area (Å²) in [5, 5.41) is 14.8. The Bertz CT molecular complexity index is 1230. The zero-order chi connectivity index (χ0) is 21.9. The van der Waals surface area contributed by atoms with Crippen molar-refractivity contribution in [1.82, 2.24) is 15.5 Å². The summed E-state index contributed by atoms with van der Waals surface area (Å²) in [5.74, 6) is 0.451. The van der Waals surface area contributed by atoms with Gasteiger partial charge in [0.25, 0.3) is 5.91 Å². The van der Waals surface area contributed by atoms with Crippen molar-refractivity contribution in [2.45, 2.75) is 18.4 Å². The molecule has 5 rings (SSSR count). The van der Waals surface area contributed by atoms with Gasteiger partial charge in [0, 0.05) is 28.8 Å². The molecule has 0 aliphatic heterocycles. The van der Waals surface area contributed by atoms with Crippen molar-refractivity contribution in [2.24, 2.45) is 0 Å². The number of nitrogens with zero attached hydrogens (tertiary/aromatic N) is 2. The fraction of sp³-hybridized carbons (Fsp3) is 0.115. The summed E-state index contributed by atoms with van der Waals surface area (Å²) in [6.45, 7) is 0. The van der Waals surface area contributed by atoms with Crippen molar-refractivity contribution in [1.29, 1.82) is 0 Å². The van der Waals surface area contributed by atoms with Gasteiger partial charge in [-0.05, 0) is 54.4 Å². The van der Waals surface area contributed by atoms with Crippen molar-refractivity contribution in [2.75, 3.05) is 5.32 Å². The molecule has 3 aromatic carbocycles. The van der Waals surface area contributed by atoms with Crippen LogP contribution in [0.5, 0.6) is 0 Å². The van der Waals surface area contributed by atoms with Gasteiger partial charge in [-0.3, -0.25) is 4.79 Å². The van der Waals surface area contributed by atoms with Gasteiger partial charge < -0.3 is 10.6 Å². The molecule has 6 heteroatoms. The summed E-state index contributed by atoms with van der Waals surface area (Å²) in [6, 6.07) is 27.4. The summed E-state index contributed by atoms with van der Waals surface area (Å²) in [5.41, 5.74) is 4.16. The number of hydrogen-bond donors (Lipinski definition) is 2. The first-order chi connectivity index (χ1) is 15.7. The van der Waals surface area contributed by atoms with Crippen LogP contribution in [0.25, 0.3) is 11.3 Å². The molecular weight excluding hydrogens is 403 g/mol. The average Bonchev–Trinajstić information content (AvgIpc) is 3.60. The lowest BCUT2D eigenvalue weighted by Gasteiger charge is -2.09. The quantitative estimate of drug-likeness (QED) is 0.440. The van der Waals surface area contributed by atoms with Crippen LogP contribution >= 0.6 is 0 Å². The van der Waals surface area contributed by atoms with Gasteiger partial charge >= 0.3 is 0 Å². The minimum Gasteiger partial charge on any atom is -0.349 e. The molecule has 2 N–H and O–H groups in total. The normalized spacial score (nSPS) is 16.9. The predicted molar refractivity (Wildman–Crippen MR) is 122 cm³/mol. The Morgan fingerprint density at radius 3 is 2.44 bits per heavy atom. The third kappa shape index (κ3) is 4.49. The molecule has 4 aromatic rings. The first-order valence-corrected chi connectivity index (χ1v) is 10.5. The van der Waals surface area contributed by atoms with E-state index in [-0.39, 0.29) is 23.7 Å². The van der Waals surface area contributed by atoms with Crippen LogP contribution in [0, 0.1) is 5.82 Å². The minimum absolute atomic E-state index is 0.0703. The van der Waals surface area contributed by atoms with E-state index in [1.165, 1.54) is 12.1 Å². The Labute approximate surface area is 185 Å². The van der Waals surface area contributed by atoms with Crippen molar-refractivity contribution in [3.63, 3.8) is 0 Å². The second kappa shape index (κ2) is 8.59. The molecule has 1 aromatic heterocycles. The molecule has 5 nitrogen and oxygen atoms in total. The van der Waals surface area contributed by atoms with Crippen LogP contribution < -0.4 is 10.6 Å². The molecule has 158 valence electrons. The third-order valence-electron chi connectivity index (χ3n) is 5.54. The predicted octanol–water partition coefficient (Wildman–Crippen LogP) is 5.31. The Kier molecular flexibility index (Phi) is 5.34. The Morgan fingerprint density at radius 2 is 1.69 bits per heavy atom. The lowest BCUT2D eigenvalue weighted by molar-refractivity contribution is 0.0950. The number of nitrogens with one attached hydrogen (secondary N) is 2. The molecule has 1 heterocycles. The Balaban J connectivity index is 1.22. The Morgan fingerprint density at radius 1 is 0.875 bits per heavy atom. The highest BCUT2D eigenvalue weighted by molar-refractivity contribution is 5.95. The molecule has 1 saturated carbocycles. The van der Waals surface area contributed by atoms with Crippen molar-refractivity contribution < 1.29 is 9.18 Å². The summed E-state index contributed by atoms with van der Waals surface area (Å²) in [6.07, 6.45) is 0.860. The SMILES string of the molecule is O=C(N[C@@H]1C[C@H]1c1ccc(F)cc1)c1cccc(Nc2ccc(-c3ccccc3)nn2)c1. The number of rotatable bonds is 6. The van der Waals surface area contributed by atoms with Gasteiger partial charge in [0.05, 0.1) is 5.69 Å². The molecule has 0 saturated heterocycles. The molecule has 32 heavy (non-hydrogen) atoms. The lowest BCUT2D eigenvalue weighted by Crippen LogP contribution is -2.26.